The predicted molar refractivity (Wildman–Crippen MR) is 85.8 cm³/mol. The zero-order chi connectivity index (χ0) is 14.6. The van der Waals surface area contributed by atoms with Crippen LogP contribution in [0, 0.1) is 0 Å². The standard InChI is InChI=1S/C15H20N4S/c1-15(2,3)19-14(16)17-9-12-10-20-13(18-12)11-7-5-4-6-8-11/h4-8,10H,9H2,1-3H3,(H3,16,17,19). The topological polar surface area (TPSA) is 63.3 Å². The van der Waals surface area contributed by atoms with Crippen LogP contribution in [0.25, 0.3) is 10.6 Å². The van der Waals surface area contributed by atoms with Crippen molar-refractivity contribution in [2.24, 2.45) is 10.7 Å². The van der Waals surface area contributed by atoms with Crippen molar-refractivity contribution in [3.8, 4) is 10.6 Å². The normalized spacial score (nSPS) is 12.4. The predicted octanol–water partition coefficient (Wildman–Crippen LogP) is 3.01. The summed E-state index contributed by atoms with van der Waals surface area (Å²) in [6.07, 6.45) is 0. The Kier molecular flexibility index (Phi) is 4.39. The highest BCUT2D eigenvalue weighted by Gasteiger charge is 2.10. The monoisotopic (exact) mass is 288 g/mol. The molecule has 1 heterocycles. The lowest BCUT2D eigenvalue weighted by Gasteiger charge is -2.20. The highest BCUT2D eigenvalue weighted by Crippen LogP contribution is 2.23. The molecule has 0 radical (unpaired) electrons. The van der Waals surface area contributed by atoms with Gasteiger partial charge in [0.2, 0.25) is 0 Å². The van der Waals surface area contributed by atoms with E-state index < -0.39 is 0 Å². The summed E-state index contributed by atoms with van der Waals surface area (Å²) in [4.78, 5) is 8.89. The molecule has 1 aromatic heterocycles. The van der Waals surface area contributed by atoms with Crippen LogP contribution in [0.4, 0.5) is 0 Å². The molecule has 0 aliphatic carbocycles. The molecule has 0 bridgehead atoms. The Hall–Kier alpha value is -1.88. The molecule has 0 saturated heterocycles. The molecular weight excluding hydrogens is 268 g/mol. The number of rotatable bonds is 3. The van der Waals surface area contributed by atoms with Gasteiger partial charge in [0.25, 0.3) is 0 Å². The summed E-state index contributed by atoms with van der Waals surface area (Å²) >= 11 is 1.63. The van der Waals surface area contributed by atoms with Gasteiger partial charge in [-0.3, -0.25) is 0 Å². The van der Waals surface area contributed by atoms with Gasteiger partial charge in [-0.1, -0.05) is 30.3 Å². The highest BCUT2D eigenvalue weighted by atomic mass is 32.1. The first-order valence-electron chi connectivity index (χ1n) is 6.52. The second-order valence-electron chi connectivity index (χ2n) is 5.59. The van der Waals surface area contributed by atoms with Crippen molar-refractivity contribution in [1.82, 2.24) is 10.3 Å². The summed E-state index contributed by atoms with van der Waals surface area (Å²) in [6.45, 7) is 6.64. The van der Waals surface area contributed by atoms with Crippen molar-refractivity contribution in [3.63, 3.8) is 0 Å². The van der Waals surface area contributed by atoms with Crippen LogP contribution >= 0.6 is 11.3 Å². The quantitative estimate of drug-likeness (QED) is 0.674. The second-order valence-corrected chi connectivity index (χ2v) is 6.44. The molecule has 0 aliphatic heterocycles. The minimum absolute atomic E-state index is 0.0785. The number of hydrogen-bond acceptors (Lipinski definition) is 3. The fraction of sp³-hybridized carbons (Fsp3) is 0.333. The van der Waals surface area contributed by atoms with Crippen molar-refractivity contribution in [2.45, 2.75) is 32.9 Å². The molecule has 0 spiro atoms. The van der Waals surface area contributed by atoms with Crippen LogP contribution in [0.5, 0.6) is 0 Å². The Balaban J connectivity index is 2.02. The summed E-state index contributed by atoms with van der Waals surface area (Å²) in [5, 5.41) is 6.17. The molecule has 0 aliphatic rings. The van der Waals surface area contributed by atoms with Gasteiger partial charge in [0.1, 0.15) is 5.01 Å². The van der Waals surface area contributed by atoms with Crippen molar-refractivity contribution in [1.29, 1.82) is 0 Å². The minimum Gasteiger partial charge on any atom is -0.370 e. The summed E-state index contributed by atoms with van der Waals surface area (Å²) in [7, 11) is 0. The molecule has 1 aromatic carbocycles. The van der Waals surface area contributed by atoms with E-state index in [1.807, 2.05) is 44.4 Å². The van der Waals surface area contributed by atoms with Crippen molar-refractivity contribution in [3.05, 3.63) is 41.4 Å². The second kappa shape index (κ2) is 6.05. The van der Waals surface area contributed by atoms with Crippen LogP contribution in [0.15, 0.2) is 40.7 Å². The van der Waals surface area contributed by atoms with Crippen molar-refractivity contribution < 1.29 is 0 Å². The Labute approximate surface area is 123 Å². The van der Waals surface area contributed by atoms with E-state index in [0.717, 1.165) is 16.3 Å². The van der Waals surface area contributed by atoms with Crippen LogP contribution in [0.1, 0.15) is 26.5 Å². The summed E-state index contributed by atoms with van der Waals surface area (Å²) in [6, 6.07) is 10.1. The molecule has 20 heavy (non-hydrogen) atoms. The lowest BCUT2D eigenvalue weighted by molar-refractivity contribution is 0.508. The smallest absolute Gasteiger partial charge is 0.189 e. The van der Waals surface area contributed by atoms with Crippen LogP contribution in [-0.2, 0) is 6.54 Å². The molecule has 4 nitrogen and oxygen atoms in total. The van der Waals surface area contributed by atoms with E-state index in [0.29, 0.717) is 12.5 Å². The summed E-state index contributed by atoms with van der Waals surface area (Å²) < 4.78 is 0. The molecule has 3 N–H and O–H groups in total. The Bertz CT molecular complexity index is 581. The molecule has 2 rings (SSSR count). The number of benzene rings is 1. The van der Waals surface area contributed by atoms with Gasteiger partial charge < -0.3 is 11.1 Å². The molecular formula is C15H20N4S. The Morgan fingerprint density at radius 1 is 1.30 bits per heavy atom. The third-order valence-corrected chi connectivity index (χ3v) is 3.43. The van der Waals surface area contributed by atoms with E-state index >= 15 is 0 Å². The Morgan fingerprint density at radius 2 is 2.00 bits per heavy atom. The van der Waals surface area contributed by atoms with Gasteiger partial charge in [-0.25, -0.2) is 9.98 Å². The van der Waals surface area contributed by atoms with Crippen LogP contribution < -0.4 is 11.1 Å². The number of hydrogen-bond donors (Lipinski definition) is 2. The van der Waals surface area contributed by atoms with Crippen LogP contribution in [-0.4, -0.2) is 16.5 Å². The number of nitrogens with one attached hydrogen (secondary N) is 1. The molecule has 0 atom stereocenters. The molecule has 0 unspecified atom stereocenters. The van der Waals surface area contributed by atoms with E-state index in [-0.39, 0.29) is 5.54 Å². The maximum Gasteiger partial charge on any atom is 0.189 e. The lowest BCUT2D eigenvalue weighted by atomic mass is 10.1. The average molecular weight is 288 g/mol. The van der Waals surface area contributed by atoms with Gasteiger partial charge in [-0.15, -0.1) is 11.3 Å². The van der Waals surface area contributed by atoms with Crippen LogP contribution in [0.2, 0.25) is 0 Å². The van der Waals surface area contributed by atoms with E-state index in [2.05, 4.69) is 27.4 Å². The average Bonchev–Trinajstić information content (AvgIpc) is 2.84. The molecule has 0 amide bonds. The Morgan fingerprint density at radius 3 is 2.65 bits per heavy atom. The van der Waals surface area contributed by atoms with Gasteiger partial charge >= 0.3 is 0 Å². The molecule has 106 valence electrons. The van der Waals surface area contributed by atoms with Crippen molar-refractivity contribution in [2.75, 3.05) is 0 Å². The third-order valence-electron chi connectivity index (χ3n) is 2.49. The fourth-order valence-corrected chi connectivity index (χ4v) is 2.50. The number of nitrogens with zero attached hydrogens (tertiary/aromatic N) is 2. The third kappa shape index (κ3) is 4.35. The number of aromatic nitrogens is 1. The minimum atomic E-state index is -0.0785. The number of guanidine groups is 1. The van der Waals surface area contributed by atoms with E-state index in [1.165, 1.54) is 0 Å². The maximum absolute atomic E-state index is 5.84. The molecule has 0 fully saturated rings. The molecule has 2 aromatic rings. The van der Waals surface area contributed by atoms with E-state index in [1.54, 1.807) is 11.3 Å². The van der Waals surface area contributed by atoms with Gasteiger partial charge in [0.05, 0.1) is 12.2 Å². The first-order chi connectivity index (χ1) is 9.44. The van der Waals surface area contributed by atoms with Gasteiger partial charge in [0.15, 0.2) is 5.96 Å². The highest BCUT2D eigenvalue weighted by molar-refractivity contribution is 7.13. The molecule has 0 saturated carbocycles. The largest absolute Gasteiger partial charge is 0.370 e. The number of thiazole rings is 1. The van der Waals surface area contributed by atoms with Crippen LogP contribution in [0.3, 0.4) is 0 Å². The zero-order valence-electron chi connectivity index (χ0n) is 12.1. The maximum atomic E-state index is 5.84. The van der Waals surface area contributed by atoms with E-state index in [9.17, 15) is 0 Å². The van der Waals surface area contributed by atoms with Gasteiger partial charge in [-0.2, -0.15) is 0 Å². The SMILES string of the molecule is CC(C)(C)NC(N)=NCc1csc(-c2ccccc2)n1. The summed E-state index contributed by atoms with van der Waals surface area (Å²) in [5.74, 6) is 0.451. The van der Waals surface area contributed by atoms with Gasteiger partial charge in [-0.05, 0) is 20.8 Å². The summed E-state index contributed by atoms with van der Waals surface area (Å²) in [5.41, 5.74) is 7.83. The first kappa shape index (κ1) is 14.5. The first-order valence-corrected chi connectivity index (χ1v) is 7.40. The van der Waals surface area contributed by atoms with Crippen molar-refractivity contribution >= 4 is 17.3 Å². The number of aliphatic imine (C=N–C) groups is 1. The lowest BCUT2D eigenvalue weighted by Crippen LogP contribution is -2.44. The molecule has 5 heteroatoms. The number of nitrogens with two attached hydrogens (primary N) is 1. The van der Waals surface area contributed by atoms with Gasteiger partial charge in [0, 0.05) is 16.5 Å². The zero-order valence-corrected chi connectivity index (χ0v) is 12.9. The fourth-order valence-electron chi connectivity index (χ4n) is 1.68. The van der Waals surface area contributed by atoms with E-state index in [4.69, 9.17) is 5.73 Å².